The van der Waals surface area contributed by atoms with Crippen LogP contribution >= 0.6 is 11.3 Å². The minimum absolute atomic E-state index is 0.523. The molecule has 1 saturated heterocycles. The molecule has 2 N–H and O–H groups in total. The summed E-state index contributed by atoms with van der Waals surface area (Å²) in [5.74, 6) is 0.893. The van der Waals surface area contributed by atoms with Crippen LogP contribution in [-0.2, 0) is 6.54 Å². The van der Waals surface area contributed by atoms with Crippen molar-refractivity contribution < 1.29 is 0 Å². The molecule has 21 heavy (non-hydrogen) atoms. The van der Waals surface area contributed by atoms with E-state index in [-0.39, 0.29) is 0 Å². The Labute approximate surface area is 131 Å². The monoisotopic (exact) mass is 309 g/mol. The van der Waals surface area contributed by atoms with E-state index in [0.717, 1.165) is 17.5 Å². The molecule has 1 aromatic heterocycles. The van der Waals surface area contributed by atoms with Crippen molar-refractivity contribution in [2.75, 3.05) is 20.1 Å². The molecular weight excluding hydrogens is 282 g/mol. The zero-order valence-corrected chi connectivity index (χ0v) is 14.3. The van der Waals surface area contributed by atoms with Crippen LogP contribution < -0.4 is 10.6 Å². The molecule has 1 aliphatic rings. The molecule has 5 nitrogen and oxygen atoms in total. The van der Waals surface area contributed by atoms with E-state index in [0.29, 0.717) is 12.1 Å². The highest BCUT2D eigenvalue weighted by atomic mass is 32.1. The Kier molecular flexibility index (Phi) is 5.99. The van der Waals surface area contributed by atoms with Gasteiger partial charge in [-0.25, -0.2) is 4.98 Å². The Morgan fingerprint density at radius 2 is 2.19 bits per heavy atom. The first-order valence-electron chi connectivity index (χ1n) is 7.71. The average Bonchev–Trinajstić information content (AvgIpc) is 2.89. The van der Waals surface area contributed by atoms with Gasteiger partial charge in [0.2, 0.25) is 0 Å². The van der Waals surface area contributed by atoms with Crippen LogP contribution in [-0.4, -0.2) is 48.1 Å². The van der Waals surface area contributed by atoms with Crippen LogP contribution in [0.3, 0.4) is 0 Å². The molecule has 0 amide bonds. The van der Waals surface area contributed by atoms with Gasteiger partial charge in [0.25, 0.3) is 0 Å². The predicted octanol–water partition coefficient (Wildman–Crippen LogP) is 1.99. The van der Waals surface area contributed by atoms with Gasteiger partial charge in [-0.2, -0.15) is 0 Å². The van der Waals surface area contributed by atoms with Gasteiger partial charge in [0.05, 0.1) is 11.6 Å². The molecule has 0 unspecified atom stereocenters. The van der Waals surface area contributed by atoms with Crippen molar-refractivity contribution in [3.05, 3.63) is 16.1 Å². The number of nitrogens with zero attached hydrogens (tertiary/aromatic N) is 3. The van der Waals surface area contributed by atoms with Crippen LogP contribution in [0.1, 0.15) is 36.6 Å². The van der Waals surface area contributed by atoms with Crippen LogP contribution in [0.2, 0.25) is 0 Å². The first-order chi connectivity index (χ1) is 10.1. The van der Waals surface area contributed by atoms with E-state index in [1.165, 1.54) is 30.8 Å². The molecule has 1 aromatic rings. The van der Waals surface area contributed by atoms with E-state index in [9.17, 15) is 0 Å². The van der Waals surface area contributed by atoms with Gasteiger partial charge >= 0.3 is 0 Å². The highest BCUT2D eigenvalue weighted by Gasteiger charge is 2.21. The number of aryl methyl sites for hydroxylation is 1. The van der Waals surface area contributed by atoms with Gasteiger partial charge in [0.1, 0.15) is 0 Å². The van der Waals surface area contributed by atoms with E-state index in [2.05, 4.69) is 39.4 Å². The van der Waals surface area contributed by atoms with Crippen LogP contribution in [0.25, 0.3) is 0 Å². The lowest BCUT2D eigenvalue weighted by atomic mass is 10.0. The van der Waals surface area contributed by atoms with Crippen molar-refractivity contribution >= 4 is 17.3 Å². The molecule has 0 bridgehead atoms. The smallest absolute Gasteiger partial charge is 0.191 e. The lowest BCUT2D eigenvalue weighted by Crippen LogP contribution is -2.49. The molecule has 1 aliphatic heterocycles. The van der Waals surface area contributed by atoms with E-state index in [4.69, 9.17) is 0 Å². The maximum atomic E-state index is 4.32. The number of guanidine groups is 1. The number of aromatic nitrogens is 1. The second-order valence-electron chi connectivity index (χ2n) is 5.82. The summed E-state index contributed by atoms with van der Waals surface area (Å²) in [5, 5.41) is 8.02. The molecular formula is C15H27N5S. The maximum absolute atomic E-state index is 4.32. The second-order valence-corrected chi connectivity index (χ2v) is 7.14. The van der Waals surface area contributed by atoms with Crippen LogP contribution in [0.15, 0.2) is 11.2 Å². The van der Waals surface area contributed by atoms with Gasteiger partial charge in [-0.1, -0.05) is 0 Å². The topological polar surface area (TPSA) is 52.6 Å². The summed E-state index contributed by atoms with van der Waals surface area (Å²) in [7, 11) is 1.83. The SMILES string of the molecule is CN=C(NCc1cnc(C)s1)NC1CCN(C(C)C)CC1. The third kappa shape index (κ3) is 4.97. The number of hydrogen-bond donors (Lipinski definition) is 2. The Morgan fingerprint density at radius 1 is 1.48 bits per heavy atom. The first-order valence-corrected chi connectivity index (χ1v) is 8.52. The molecule has 0 radical (unpaired) electrons. The Morgan fingerprint density at radius 3 is 2.71 bits per heavy atom. The van der Waals surface area contributed by atoms with Crippen molar-refractivity contribution in [2.45, 2.75) is 52.2 Å². The Hall–Kier alpha value is -1.14. The van der Waals surface area contributed by atoms with E-state index >= 15 is 0 Å². The second kappa shape index (κ2) is 7.75. The van der Waals surface area contributed by atoms with Crippen LogP contribution in [0.5, 0.6) is 0 Å². The zero-order chi connectivity index (χ0) is 15.2. The number of rotatable bonds is 4. The highest BCUT2D eigenvalue weighted by Crippen LogP contribution is 2.13. The molecule has 0 spiro atoms. The molecule has 0 saturated carbocycles. The van der Waals surface area contributed by atoms with Crippen LogP contribution in [0.4, 0.5) is 0 Å². The molecule has 2 rings (SSSR count). The van der Waals surface area contributed by atoms with Crippen molar-refractivity contribution in [1.82, 2.24) is 20.5 Å². The summed E-state index contributed by atoms with van der Waals surface area (Å²) in [6.45, 7) is 9.69. The van der Waals surface area contributed by atoms with Crippen molar-refractivity contribution in [3.8, 4) is 0 Å². The number of thiazole rings is 1. The summed E-state index contributed by atoms with van der Waals surface area (Å²) in [5.41, 5.74) is 0. The van der Waals surface area contributed by atoms with E-state index in [1.807, 2.05) is 20.2 Å². The summed E-state index contributed by atoms with van der Waals surface area (Å²) < 4.78 is 0. The molecule has 0 aliphatic carbocycles. The van der Waals surface area contributed by atoms with Crippen LogP contribution in [0, 0.1) is 6.92 Å². The quantitative estimate of drug-likeness (QED) is 0.660. The molecule has 118 valence electrons. The maximum Gasteiger partial charge on any atom is 0.191 e. The predicted molar refractivity (Wildman–Crippen MR) is 89.9 cm³/mol. The standard InChI is InChI=1S/C15H27N5S/c1-11(2)20-7-5-13(6-8-20)19-15(16-4)18-10-14-9-17-12(3)21-14/h9,11,13H,5-8,10H2,1-4H3,(H2,16,18,19). The van der Waals surface area contributed by atoms with Crippen molar-refractivity contribution in [1.29, 1.82) is 0 Å². The number of piperidine rings is 1. The normalized spacial score (nSPS) is 18.2. The van der Waals surface area contributed by atoms with Crippen molar-refractivity contribution in [3.63, 3.8) is 0 Å². The number of hydrogen-bond acceptors (Lipinski definition) is 4. The molecule has 2 heterocycles. The van der Waals surface area contributed by atoms with Gasteiger partial charge in [-0.05, 0) is 33.6 Å². The van der Waals surface area contributed by atoms with Gasteiger partial charge in [-0.15, -0.1) is 11.3 Å². The largest absolute Gasteiger partial charge is 0.354 e. The summed E-state index contributed by atoms with van der Waals surface area (Å²) >= 11 is 1.73. The van der Waals surface area contributed by atoms with E-state index in [1.54, 1.807) is 11.3 Å². The lowest BCUT2D eigenvalue weighted by Gasteiger charge is -2.35. The minimum atomic E-state index is 0.523. The highest BCUT2D eigenvalue weighted by molar-refractivity contribution is 7.11. The third-order valence-electron chi connectivity index (χ3n) is 3.92. The molecule has 1 fully saturated rings. The fraction of sp³-hybridized carbons (Fsp3) is 0.733. The number of likely N-dealkylation sites (tertiary alicyclic amines) is 1. The minimum Gasteiger partial charge on any atom is -0.354 e. The van der Waals surface area contributed by atoms with Crippen molar-refractivity contribution in [2.24, 2.45) is 4.99 Å². The zero-order valence-electron chi connectivity index (χ0n) is 13.5. The molecule has 0 atom stereocenters. The van der Waals surface area contributed by atoms with E-state index < -0.39 is 0 Å². The Bertz CT molecular complexity index is 460. The summed E-state index contributed by atoms with van der Waals surface area (Å²) in [6.07, 6.45) is 4.29. The average molecular weight is 309 g/mol. The summed E-state index contributed by atoms with van der Waals surface area (Å²) in [6, 6.07) is 1.17. The lowest BCUT2D eigenvalue weighted by molar-refractivity contribution is 0.167. The molecule has 6 heteroatoms. The third-order valence-corrected chi connectivity index (χ3v) is 4.84. The van der Waals surface area contributed by atoms with Gasteiger partial charge < -0.3 is 15.5 Å². The number of aliphatic imine (C=N–C) groups is 1. The Balaban J connectivity index is 1.75. The fourth-order valence-corrected chi connectivity index (χ4v) is 3.34. The molecule has 0 aromatic carbocycles. The van der Waals surface area contributed by atoms with Gasteiger partial charge in [0.15, 0.2) is 5.96 Å². The van der Waals surface area contributed by atoms with Gasteiger partial charge in [0, 0.05) is 43.3 Å². The van der Waals surface area contributed by atoms with Gasteiger partial charge in [-0.3, -0.25) is 4.99 Å². The number of nitrogens with one attached hydrogen (secondary N) is 2. The first kappa shape index (κ1) is 16.2. The fourth-order valence-electron chi connectivity index (χ4n) is 2.61. The summed E-state index contributed by atoms with van der Waals surface area (Å²) in [4.78, 5) is 12.4.